The number of ketones is 1. The van der Waals surface area contributed by atoms with Gasteiger partial charge in [-0.2, -0.15) is 0 Å². The molecule has 182 valence electrons. The summed E-state index contributed by atoms with van der Waals surface area (Å²) in [5.41, 5.74) is 1.10. The molecule has 2 aromatic heterocycles. The van der Waals surface area contributed by atoms with Crippen LogP contribution in [0.5, 0.6) is 5.75 Å². The number of carbonyl (C=O) groups is 2. The van der Waals surface area contributed by atoms with Crippen molar-refractivity contribution in [3.05, 3.63) is 88.5 Å². The van der Waals surface area contributed by atoms with Gasteiger partial charge in [0.15, 0.2) is 5.13 Å². The molecule has 1 atom stereocenters. The third-order valence-corrected chi connectivity index (χ3v) is 6.96. The summed E-state index contributed by atoms with van der Waals surface area (Å²) < 4.78 is 20.1. The number of nitrogens with zero attached hydrogens (tertiary/aromatic N) is 3. The van der Waals surface area contributed by atoms with E-state index >= 15 is 0 Å². The topological polar surface area (TPSA) is 92.6 Å². The number of benzene rings is 2. The highest BCUT2D eigenvalue weighted by Gasteiger charge is 2.48. The van der Waals surface area contributed by atoms with Crippen LogP contribution < -0.4 is 9.64 Å². The van der Waals surface area contributed by atoms with Gasteiger partial charge in [0.2, 0.25) is 0 Å². The molecule has 1 saturated heterocycles. The molecule has 1 amide bonds. The summed E-state index contributed by atoms with van der Waals surface area (Å²) in [5.74, 6) is -2.17. The number of aliphatic hydroxyl groups is 1. The standard InChI is InChI=1S/C26H19ClFN3O4S/c1-2-9-35-16-7-3-5-14(10-16)23(32)21-22(15-6-4-8-29-13-15)31(25(34)24(21)33)26-30-19-11-17(27)18(28)12-20(19)36-26/h3-8,10-13,22,32H,2,9H2,1H3/b23-21+. The number of thiazole rings is 1. The maximum atomic E-state index is 14.0. The Morgan fingerprint density at radius 2 is 2.06 bits per heavy atom. The van der Waals surface area contributed by atoms with E-state index in [9.17, 15) is 19.1 Å². The number of pyridine rings is 1. The van der Waals surface area contributed by atoms with Gasteiger partial charge < -0.3 is 9.84 Å². The number of carbonyl (C=O) groups excluding carboxylic acids is 2. The first-order valence-electron chi connectivity index (χ1n) is 11.1. The predicted octanol–water partition coefficient (Wildman–Crippen LogP) is 5.90. The van der Waals surface area contributed by atoms with Gasteiger partial charge in [0.1, 0.15) is 17.3 Å². The Hall–Kier alpha value is -3.82. The van der Waals surface area contributed by atoms with Gasteiger partial charge in [0.05, 0.1) is 33.5 Å². The van der Waals surface area contributed by atoms with Crippen molar-refractivity contribution < 1.29 is 23.8 Å². The smallest absolute Gasteiger partial charge is 0.301 e. The zero-order valence-corrected chi connectivity index (χ0v) is 20.5. The van der Waals surface area contributed by atoms with Crippen LogP contribution in [0.2, 0.25) is 5.02 Å². The van der Waals surface area contributed by atoms with Crippen LogP contribution in [-0.2, 0) is 9.59 Å². The maximum Gasteiger partial charge on any atom is 0.301 e. The van der Waals surface area contributed by atoms with Crippen molar-refractivity contribution in [1.29, 1.82) is 0 Å². The molecule has 3 heterocycles. The van der Waals surface area contributed by atoms with E-state index in [1.165, 1.54) is 23.2 Å². The summed E-state index contributed by atoms with van der Waals surface area (Å²) in [6, 6.07) is 11.7. The zero-order chi connectivity index (χ0) is 25.4. The molecule has 0 spiro atoms. The molecular formula is C26H19ClFN3O4S. The van der Waals surface area contributed by atoms with Gasteiger partial charge in [-0.15, -0.1) is 0 Å². The highest BCUT2D eigenvalue weighted by Crippen LogP contribution is 2.44. The second kappa shape index (κ2) is 9.67. The van der Waals surface area contributed by atoms with Crippen molar-refractivity contribution in [2.45, 2.75) is 19.4 Å². The third-order valence-electron chi connectivity index (χ3n) is 5.65. The molecular weight excluding hydrogens is 505 g/mol. The van der Waals surface area contributed by atoms with Crippen LogP contribution >= 0.6 is 22.9 Å². The summed E-state index contributed by atoms with van der Waals surface area (Å²) in [6.07, 6.45) is 3.88. The number of hydrogen-bond acceptors (Lipinski definition) is 7. The van der Waals surface area contributed by atoms with Crippen LogP contribution in [0.3, 0.4) is 0 Å². The van der Waals surface area contributed by atoms with Crippen molar-refractivity contribution in [3.63, 3.8) is 0 Å². The Labute approximate surface area is 214 Å². The molecule has 0 aliphatic carbocycles. The number of Topliss-reactive ketones (excluding diaryl/α,β-unsaturated/α-hetero) is 1. The molecule has 4 aromatic rings. The molecule has 1 N–H and O–H groups in total. The molecule has 7 nitrogen and oxygen atoms in total. The van der Waals surface area contributed by atoms with Crippen LogP contribution in [0.4, 0.5) is 9.52 Å². The SMILES string of the molecule is CCCOc1cccc(/C(O)=C2\C(=O)C(=O)N(c3nc4cc(Cl)c(F)cc4s3)C2c2cccnc2)c1. The number of aromatic nitrogens is 2. The third kappa shape index (κ3) is 4.20. The van der Waals surface area contributed by atoms with Crippen LogP contribution in [0.1, 0.15) is 30.5 Å². The summed E-state index contributed by atoms with van der Waals surface area (Å²) in [7, 11) is 0. The normalized spacial score (nSPS) is 17.2. The Bertz CT molecular complexity index is 1480. The molecule has 1 aliphatic heterocycles. The number of hydrogen-bond donors (Lipinski definition) is 1. The largest absolute Gasteiger partial charge is 0.507 e. The number of ether oxygens (including phenoxy) is 1. The van der Waals surface area contributed by atoms with Crippen molar-refractivity contribution >= 4 is 55.7 Å². The van der Waals surface area contributed by atoms with Gasteiger partial charge in [-0.25, -0.2) is 9.37 Å². The van der Waals surface area contributed by atoms with E-state index in [1.807, 2.05) is 6.92 Å². The van der Waals surface area contributed by atoms with E-state index in [1.54, 1.807) is 42.6 Å². The Morgan fingerprint density at radius 1 is 1.22 bits per heavy atom. The monoisotopic (exact) mass is 523 g/mol. The van der Waals surface area contributed by atoms with Gasteiger partial charge in [-0.05, 0) is 42.3 Å². The predicted molar refractivity (Wildman–Crippen MR) is 136 cm³/mol. The van der Waals surface area contributed by atoms with Crippen LogP contribution in [0, 0.1) is 5.82 Å². The molecule has 36 heavy (non-hydrogen) atoms. The van der Waals surface area contributed by atoms with Gasteiger partial charge in [0.25, 0.3) is 5.78 Å². The van der Waals surface area contributed by atoms with E-state index in [0.29, 0.717) is 33.7 Å². The average molecular weight is 524 g/mol. The number of anilines is 1. The highest BCUT2D eigenvalue weighted by atomic mass is 35.5. The summed E-state index contributed by atoms with van der Waals surface area (Å²) in [4.78, 5) is 36.4. The molecule has 1 aliphatic rings. The summed E-state index contributed by atoms with van der Waals surface area (Å²) >= 11 is 6.95. The fraction of sp³-hybridized carbons (Fsp3) is 0.154. The van der Waals surface area contributed by atoms with Crippen LogP contribution in [0.25, 0.3) is 16.0 Å². The molecule has 1 fully saturated rings. The highest BCUT2D eigenvalue weighted by molar-refractivity contribution is 7.22. The van der Waals surface area contributed by atoms with Crippen molar-refractivity contribution in [3.8, 4) is 5.75 Å². The average Bonchev–Trinajstić information content (AvgIpc) is 3.40. The van der Waals surface area contributed by atoms with Crippen molar-refractivity contribution in [2.75, 3.05) is 11.5 Å². The Balaban J connectivity index is 1.67. The fourth-order valence-corrected chi connectivity index (χ4v) is 5.16. The lowest BCUT2D eigenvalue weighted by Crippen LogP contribution is -2.29. The fourth-order valence-electron chi connectivity index (χ4n) is 4.01. The van der Waals surface area contributed by atoms with E-state index in [-0.39, 0.29) is 21.5 Å². The van der Waals surface area contributed by atoms with Crippen LogP contribution in [-0.4, -0.2) is 33.4 Å². The Kier molecular flexibility index (Phi) is 6.42. The van der Waals surface area contributed by atoms with Crippen molar-refractivity contribution in [1.82, 2.24) is 9.97 Å². The van der Waals surface area contributed by atoms with E-state index in [2.05, 4.69) is 9.97 Å². The van der Waals surface area contributed by atoms with Gasteiger partial charge in [0, 0.05) is 18.0 Å². The first-order valence-corrected chi connectivity index (χ1v) is 12.3. The molecule has 2 aromatic carbocycles. The minimum Gasteiger partial charge on any atom is -0.507 e. The van der Waals surface area contributed by atoms with E-state index in [0.717, 1.165) is 17.8 Å². The lowest BCUT2D eigenvalue weighted by Gasteiger charge is -2.22. The number of halogens is 2. The van der Waals surface area contributed by atoms with Crippen LogP contribution in [0.15, 0.2) is 66.5 Å². The molecule has 0 bridgehead atoms. The first kappa shape index (κ1) is 23.9. The second-order valence-electron chi connectivity index (χ2n) is 8.06. The quantitative estimate of drug-likeness (QED) is 0.192. The number of aliphatic hydroxyl groups excluding tert-OH is 1. The number of amides is 1. The summed E-state index contributed by atoms with van der Waals surface area (Å²) in [6.45, 7) is 2.47. The van der Waals surface area contributed by atoms with E-state index < -0.39 is 23.5 Å². The van der Waals surface area contributed by atoms with E-state index in [4.69, 9.17) is 16.3 Å². The lowest BCUT2D eigenvalue weighted by atomic mass is 9.96. The van der Waals surface area contributed by atoms with Crippen molar-refractivity contribution in [2.24, 2.45) is 0 Å². The molecule has 10 heteroatoms. The molecule has 1 unspecified atom stereocenters. The minimum atomic E-state index is -1.00. The Morgan fingerprint density at radius 3 is 2.81 bits per heavy atom. The van der Waals surface area contributed by atoms with Gasteiger partial charge >= 0.3 is 5.91 Å². The summed E-state index contributed by atoms with van der Waals surface area (Å²) in [5, 5.41) is 11.4. The van der Waals surface area contributed by atoms with Gasteiger partial charge in [-0.1, -0.05) is 48.1 Å². The molecule has 0 saturated carbocycles. The minimum absolute atomic E-state index is 0.101. The molecule has 0 radical (unpaired) electrons. The number of fused-ring (bicyclic) bond motifs is 1. The molecule has 5 rings (SSSR count). The first-order chi connectivity index (χ1) is 17.4. The van der Waals surface area contributed by atoms with Gasteiger partial charge in [-0.3, -0.25) is 19.5 Å². The maximum absolute atomic E-state index is 14.0. The number of rotatable bonds is 6. The lowest BCUT2D eigenvalue weighted by molar-refractivity contribution is -0.132. The zero-order valence-electron chi connectivity index (χ0n) is 18.9. The second-order valence-corrected chi connectivity index (χ2v) is 9.48.